The van der Waals surface area contributed by atoms with Crippen LogP contribution in [0, 0.1) is 11.3 Å². The summed E-state index contributed by atoms with van der Waals surface area (Å²) in [6.45, 7) is 10.5. The Kier molecular flexibility index (Phi) is 5.26. The first-order chi connectivity index (χ1) is 9.49. The molecule has 1 nitrogen and oxygen atoms in total. The molecule has 1 aliphatic rings. The van der Waals surface area contributed by atoms with Gasteiger partial charge in [0.1, 0.15) is 0 Å². The van der Waals surface area contributed by atoms with Crippen molar-refractivity contribution in [3.8, 4) is 0 Å². The van der Waals surface area contributed by atoms with Gasteiger partial charge in [0.2, 0.25) is 0 Å². The summed E-state index contributed by atoms with van der Waals surface area (Å²) >= 11 is 0. The molecule has 0 heterocycles. The summed E-state index contributed by atoms with van der Waals surface area (Å²) in [5.74, 6) is 1.52. The van der Waals surface area contributed by atoms with Crippen LogP contribution in [-0.4, -0.2) is 12.6 Å². The Morgan fingerprint density at radius 2 is 1.65 bits per heavy atom. The summed E-state index contributed by atoms with van der Waals surface area (Å²) in [5, 5.41) is 3.82. The molecule has 20 heavy (non-hydrogen) atoms. The molecule has 1 aromatic rings. The SMILES string of the molecule is CC(C)C(C)(C)CNC1CCC(c2ccccc2)CC1. The van der Waals surface area contributed by atoms with E-state index in [2.05, 4.69) is 63.3 Å². The number of hydrogen-bond acceptors (Lipinski definition) is 1. The standard InChI is InChI=1S/C19H31N/c1-15(2)19(3,4)14-20-18-12-10-17(11-13-18)16-8-6-5-7-9-16/h5-9,15,17-18,20H,10-14H2,1-4H3. The van der Waals surface area contributed by atoms with Gasteiger partial charge in [0, 0.05) is 12.6 Å². The average molecular weight is 273 g/mol. The van der Waals surface area contributed by atoms with Crippen LogP contribution in [-0.2, 0) is 0 Å². The quantitative estimate of drug-likeness (QED) is 0.797. The summed E-state index contributed by atoms with van der Waals surface area (Å²) in [4.78, 5) is 0. The third-order valence-corrected chi connectivity index (χ3v) is 5.41. The van der Waals surface area contributed by atoms with Crippen LogP contribution in [0.1, 0.15) is 64.9 Å². The summed E-state index contributed by atoms with van der Waals surface area (Å²) in [6.07, 6.45) is 5.33. The Hall–Kier alpha value is -0.820. The van der Waals surface area contributed by atoms with Crippen LogP contribution in [0.5, 0.6) is 0 Å². The Labute approximate surface area is 125 Å². The third kappa shape index (κ3) is 4.09. The van der Waals surface area contributed by atoms with E-state index in [-0.39, 0.29) is 0 Å². The molecule has 1 heteroatoms. The molecule has 2 rings (SSSR count). The lowest BCUT2D eigenvalue weighted by molar-refractivity contribution is 0.214. The van der Waals surface area contributed by atoms with Crippen molar-refractivity contribution in [3.63, 3.8) is 0 Å². The van der Waals surface area contributed by atoms with Crippen LogP contribution in [0.2, 0.25) is 0 Å². The topological polar surface area (TPSA) is 12.0 Å². The maximum Gasteiger partial charge on any atom is 0.00677 e. The normalized spacial score (nSPS) is 24.1. The second-order valence-corrected chi connectivity index (χ2v) is 7.48. The molecule has 0 atom stereocenters. The molecule has 1 aliphatic carbocycles. The van der Waals surface area contributed by atoms with E-state index >= 15 is 0 Å². The zero-order valence-corrected chi connectivity index (χ0v) is 13.7. The molecule has 112 valence electrons. The van der Waals surface area contributed by atoms with Gasteiger partial charge >= 0.3 is 0 Å². The zero-order valence-electron chi connectivity index (χ0n) is 13.7. The third-order valence-electron chi connectivity index (χ3n) is 5.41. The monoisotopic (exact) mass is 273 g/mol. The van der Waals surface area contributed by atoms with E-state index < -0.39 is 0 Å². The van der Waals surface area contributed by atoms with E-state index in [4.69, 9.17) is 0 Å². The number of benzene rings is 1. The van der Waals surface area contributed by atoms with Crippen LogP contribution >= 0.6 is 0 Å². The fraction of sp³-hybridized carbons (Fsp3) is 0.684. The van der Waals surface area contributed by atoms with E-state index in [0.717, 1.165) is 24.4 Å². The minimum absolute atomic E-state index is 0.399. The van der Waals surface area contributed by atoms with Gasteiger partial charge in [-0.05, 0) is 48.5 Å². The first kappa shape index (κ1) is 15.6. The van der Waals surface area contributed by atoms with Crippen molar-refractivity contribution < 1.29 is 0 Å². The lowest BCUT2D eigenvalue weighted by atomic mass is 9.79. The minimum atomic E-state index is 0.399. The largest absolute Gasteiger partial charge is 0.313 e. The first-order valence-electron chi connectivity index (χ1n) is 8.27. The highest BCUT2D eigenvalue weighted by atomic mass is 14.9. The van der Waals surface area contributed by atoms with Crippen LogP contribution in [0.4, 0.5) is 0 Å². The number of hydrogen-bond donors (Lipinski definition) is 1. The molecule has 0 aliphatic heterocycles. The fourth-order valence-corrected chi connectivity index (χ4v) is 2.97. The molecule has 0 saturated heterocycles. The van der Waals surface area contributed by atoms with E-state index in [9.17, 15) is 0 Å². The van der Waals surface area contributed by atoms with Crippen molar-refractivity contribution in [1.29, 1.82) is 0 Å². The maximum absolute atomic E-state index is 3.82. The summed E-state index contributed by atoms with van der Waals surface area (Å²) in [6, 6.07) is 11.8. The highest BCUT2D eigenvalue weighted by Gasteiger charge is 2.26. The molecule has 0 radical (unpaired) electrons. The molecule has 0 spiro atoms. The van der Waals surface area contributed by atoms with Crippen LogP contribution in [0.25, 0.3) is 0 Å². The average Bonchev–Trinajstić information content (AvgIpc) is 2.46. The molecule has 1 saturated carbocycles. The smallest absolute Gasteiger partial charge is 0.00677 e. The van der Waals surface area contributed by atoms with Crippen LogP contribution in [0.15, 0.2) is 30.3 Å². The predicted octanol–water partition coefficient (Wildman–Crippen LogP) is 4.98. The van der Waals surface area contributed by atoms with Crippen molar-refractivity contribution in [2.24, 2.45) is 11.3 Å². The summed E-state index contributed by atoms with van der Waals surface area (Å²) < 4.78 is 0. The second-order valence-electron chi connectivity index (χ2n) is 7.48. The first-order valence-corrected chi connectivity index (χ1v) is 8.27. The molecule has 0 amide bonds. The van der Waals surface area contributed by atoms with Gasteiger partial charge in [-0.3, -0.25) is 0 Å². The lowest BCUT2D eigenvalue weighted by Gasteiger charge is -2.35. The Morgan fingerprint density at radius 1 is 1.05 bits per heavy atom. The van der Waals surface area contributed by atoms with Gasteiger partial charge in [-0.2, -0.15) is 0 Å². The highest BCUT2D eigenvalue weighted by Crippen LogP contribution is 2.33. The summed E-state index contributed by atoms with van der Waals surface area (Å²) in [7, 11) is 0. The number of rotatable bonds is 5. The van der Waals surface area contributed by atoms with E-state index in [0.29, 0.717) is 5.41 Å². The van der Waals surface area contributed by atoms with Gasteiger partial charge < -0.3 is 5.32 Å². The molecule has 1 N–H and O–H groups in total. The Morgan fingerprint density at radius 3 is 2.20 bits per heavy atom. The van der Waals surface area contributed by atoms with E-state index in [1.165, 1.54) is 31.2 Å². The molecular formula is C19H31N. The molecule has 0 unspecified atom stereocenters. The molecule has 0 bridgehead atoms. The van der Waals surface area contributed by atoms with Crippen molar-refractivity contribution in [2.75, 3.05) is 6.54 Å². The lowest BCUT2D eigenvalue weighted by Crippen LogP contribution is -2.40. The van der Waals surface area contributed by atoms with Gasteiger partial charge in [-0.25, -0.2) is 0 Å². The maximum atomic E-state index is 3.82. The van der Waals surface area contributed by atoms with E-state index in [1.807, 2.05) is 0 Å². The van der Waals surface area contributed by atoms with Crippen molar-refractivity contribution in [1.82, 2.24) is 5.32 Å². The minimum Gasteiger partial charge on any atom is -0.313 e. The predicted molar refractivity (Wildman–Crippen MR) is 88.1 cm³/mol. The molecular weight excluding hydrogens is 242 g/mol. The fourth-order valence-electron chi connectivity index (χ4n) is 2.97. The zero-order chi connectivity index (χ0) is 14.6. The molecule has 1 fully saturated rings. The number of nitrogens with one attached hydrogen (secondary N) is 1. The van der Waals surface area contributed by atoms with Gasteiger partial charge in [-0.1, -0.05) is 58.0 Å². The van der Waals surface area contributed by atoms with Gasteiger partial charge in [0.25, 0.3) is 0 Å². The van der Waals surface area contributed by atoms with Gasteiger partial charge in [-0.15, -0.1) is 0 Å². The van der Waals surface area contributed by atoms with Crippen molar-refractivity contribution in [2.45, 2.75) is 65.3 Å². The molecule has 0 aromatic heterocycles. The molecule has 1 aromatic carbocycles. The van der Waals surface area contributed by atoms with Crippen molar-refractivity contribution in [3.05, 3.63) is 35.9 Å². The van der Waals surface area contributed by atoms with Crippen LogP contribution in [0.3, 0.4) is 0 Å². The van der Waals surface area contributed by atoms with Gasteiger partial charge in [0.05, 0.1) is 0 Å². The van der Waals surface area contributed by atoms with Crippen LogP contribution < -0.4 is 5.32 Å². The Balaban J connectivity index is 1.78. The Bertz CT molecular complexity index is 385. The van der Waals surface area contributed by atoms with Gasteiger partial charge in [0.15, 0.2) is 0 Å². The second kappa shape index (κ2) is 6.76. The highest BCUT2D eigenvalue weighted by molar-refractivity contribution is 5.20. The van der Waals surface area contributed by atoms with E-state index in [1.54, 1.807) is 0 Å². The summed E-state index contributed by atoms with van der Waals surface area (Å²) in [5.41, 5.74) is 1.93. The van der Waals surface area contributed by atoms with Crippen molar-refractivity contribution >= 4 is 0 Å².